The highest BCUT2D eigenvalue weighted by atomic mass is 32.2. The Bertz CT molecular complexity index is 1070. The number of aryl methyl sites for hydroxylation is 1. The van der Waals surface area contributed by atoms with Crippen molar-refractivity contribution in [1.29, 1.82) is 0 Å². The summed E-state index contributed by atoms with van der Waals surface area (Å²) in [6, 6.07) is 13.6. The molecule has 0 aliphatic carbocycles. The van der Waals surface area contributed by atoms with Crippen LogP contribution in [0, 0.1) is 12.7 Å². The molecule has 9 heteroatoms. The van der Waals surface area contributed by atoms with E-state index in [0.29, 0.717) is 24.0 Å². The van der Waals surface area contributed by atoms with Crippen LogP contribution in [0.2, 0.25) is 0 Å². The second-order valence-corrected chi connectivity index (χ2v) is 7.64. The molecular formula is C19H20FN5O2S. The van der Waals surface area contributed by atoms with Gasteiger partial charge in [0.2, 0.25) is 5.95 Å². The monoisotopic (exact) mass is 401 g/mol. The Hall–Kier alpha value is -3.20. The number of rotatable bonds is 7. The number of aromatic nitrogens is 2. The maximum atomic E-state index is 13.8. The summed E-state index contributed by atoms with van der Waals surface area (Å²) < 4.78 is 40.8. The van der Waals surface area contributed by atoms with E-state index in [0.717, 1.165) is 17.4 Å². The molecule has 0 fully saturated rings. The maximum absolute atomic E-state index is 13.8. The number of sulfonamides is 1. The van der Waals surface area contributed by atoms with Crippen LogP contribution >= 0.6 is 0 Å². The Morgan fingerprint density at radius 1 is 1.00 bits per heavy atom. The summed E-state index contributed by atoms with van der Waals surface area (Å²) in [4.78, 5) is 8.25. The molecule has 3 rings (SSSR count). The van der Waals surface area contributed by atoms with Gasteiger partial charge in [0.15, 0.2) is 0 Å². The smallest absolute Gasteiger partial charge is 0.264 e. The van der Waals surface area contributed by atoms with Gasteiger partial charge in [-0.1, -0.05) is 12.1 Å². The van der Waals surface area contributed by atoms with Crippen molar-refractivity contribution in [2.75, 3.05) is 21.9 Å². The molecule has 0 saturated heterocycles. The standard InChI is InChI=1S/C19H20FN5O2S/c1-3-21-19-22-13(2)12-18(24-19)23-14-8-10-15(11-9-14)25-28(26,27)17-7-5-4-6-16(17)20/h4-12,25H,3H2,1-2H3,(H2,21,22,23,24). The van der Waals surface area contributed by atoms with Gasteiger partial charge in [0, 0.05) is 29.7 Å². The van der Waals surface area contributed by atoms with Crippen molar-refractivity contribution in [3.63, 3.8) is 0 Å². The minimum absolute atomic E-state index is 0.320. The zero-order chi connectivity index (χ0) is 20.1. The first kappa shape index (κ1) is 19.6. The molecule has 3 aromatic rings. The number of anilines is 4. The lowest BCUT2D eigenvalue weighted by Crippen LogP contribution is -2.14. The van der Waals surface area contributed by atoms with Gasteiger partial charge in [-0.3, -0.25) is 4.72 Å². The van der Waals surface area contributed by atoms with E-state index in [1.807, 2.05) is 13.8 Å². The molecule has 0 atom stereocenters. The van der Waals surface area contributed by atoms with Gasteiger partial charge in [-0.25, -0.2) is 17.8 Å². The molecule has 0 radical (unpaired) electrons. The number of benzene rings is 2. The van der Waals surface area contributed by atoms with Gasteiger partial charge in [-0.05, 0) is 50.2 Å². The van der Waals surface area contributed by atoms with E-state index in [4.69, 9.17) is 0 Å². The molecule has 0 aliphatic rings. The first-order valence-corrected chi connectivity index (χ1v) is 10.1. The molecule has 1 aromatic heterocycles. The van der Waals surface area contributed by atoms with Crippen LogP contribution in [0.1, 0.15) is 12.6 Å². The molecule has 146 valence electrons. The summed E-state index contributed by atoms with van der Waals surface area (Å²) in [5.74, 6) is 0.339. The van der Waals surface area contributed by atoms with Crippen LogP contribution in [0.4, 0.5) is 27.5 Å². The van der Waals surface area contributed by atoms with Crippen molar-refractivity contribution < 1.29 is 12.8 Å². The summed E-state index contributed by atoms with van der Waals surface area (Å²) >= 11 is 0. The maximum Gasteiger partial charge on any atom is 0.264 e. The molecule has 0 saturated carbocycles. The first-order chi connectivity index (χ1) is 13.4. The van der Waals surface area contributed by atoms with E-state index in [-0.39, 0.29) is 0 Å². The van der Waals surface area contributed by atoms with Crippen LogP contribution < -0.4 is 15.4 Å². The average molecular weight is 401 g/mol. The Morgan fingerprint density at radius 2 is 1.68 bits per heavy atom. The SMILES string of the molecule is CCNc1nc(C)cc(Nc2ccc(NS(=O)(=O)c3ccccc3F)cc2)n1. The molecule has 0 aliphatic heterocycles. The first-order valence-electron chi connectivity index (χ1n) is 8.61. The van der Waals surface area contributed by atoms with Crippen molar-refractivity contribution in [2.24, 2.45) is 0 Å². The largest absolute Gasteiger partial charge is 0.354 e. The van der Waals surface area contributed by atoms with Crippen molar-refractivity contribution in [2.45, 2.75) is 18.7 Å². The zero-order valence-electron chi connectivity index (χ0n) is 15.4. The Balaban J connectivity index is 1.75. The van der Waals surface area contributed by atoms with Crippen LogP contribution in [0.15, 0.2) is 59.5 Å². The molecule has 0 bridgehead atoms. The topological polar surface area (TPSA) is 96.0 Å². The van der Waals surface area contributed by atoms with Crippen LogP contribution in [0.5, 0.6) is 0 Å². The lowest BCUT2D eigenvalue weighted by atomic mass is 10.3. The van der Waals surface area contributed by atoms with Gasteiger partial charge in [-0.15, -0.1) is 0 Å². The van der Waals surface area contributed by atoms with Gasteiger partial charge < -0.3 is 10.6 Å². The summed E-state index contributed by atoms with van der Waals surface area (Å²) in [5, 5.41) is 6.21. The van der Waals surface area contributed by atoms with Crippen LogP contribution in [0.3, 0.4) is 0 Å². The highest BCUT2D eigenvalue weighted by molar-refractivity contribution is 7.92. The summed E-state index contributed by atoms with van der Waals surface area (Å²) in [5.41, 5.74) is 1.85. The van der Waals surface area contributed by atoms with Gasteiger partial charge in [0.1, 0.15) is 16.5 Å². The van der Waals surface area contributed by atoms with Crippen molar-refractivity contribution in [3.8, 4) is 0 Å². The lowest BCUT2D eigenvalue weighted by molar-refractivity contribution is 0.570. The van der Waals surface area contributed by atoms with Gasteiger partial charge >= 0.3 is 0 Å². The fraction of sp³-hybridized carbons (Fsp3) is 0.158. The summed E-state index contributed by atoms with van der Waals surface area (Å²) in [7, 11) is -4.01. The Labute approximate surface area is 163 Å². The van der Waals surface area contributed by atoms with Crippen LogP contribution in [-0.2, 0) is 10.0 Å². The molecule has 1 heterocycles. The normalized spacial score (nSPS) is 11.1. The fourth-order valence-corrected chi connectivity index (χ4v) is 3.65. The van der Waals surface area contributed by atoms with E-state index in [1.165, 1.54) is 18.2 Å². The van der Waals surface area contributed by atoms with Crippen molar-refractivity contribution in [1.82, 2.24) is 9.97 Å². The van der Waals surface area contributed by atoms with Crippen molar-refractivity contribution >= 4 is 33.2 Å². The van der Waals surface area contributed by atoms with E-state index >= 15 is 0 Å². The molecule has 0 spiro atoms. The predicted molar refractivity (Wildman–Crippen MR) is 108 cm³/mol. The van der Waals surface area contributed by atoms with Gasteiger partial charge in [-0.2, -0.15) is 4.98 Å². The van der Waals surface area contributed by atoms with Gasteiger partial charge in [0.05, 0.1) is 0 Å². The molecule has 3 N–H and O–H groups in total. The van der Waals surface area contributed by atoms with E-state index in [9.17, 15) is 12.8 Å². The summed E-state index contributed by atoms with van der Waals surface area (Å²) in [6.07, 6.45) is 0. The molecular weight excluding hydrogens is 381 g/mol. The second kappa shape index (κ2) is 8.22. The van der Waals surface area contributed by atoms with E-state index in [1.54, 1.807) is 30.3 Å². The van der Waals surface area contributed by atoms with Gasteiger partial charge in [0.25, 0.3) is 10.0 Å². The van der Waals surface area contributed by atoms with E-state index < -0.39 is 20.7 Å². The molecule has 28 heavy (non-hydrogen) atoms. The lowest BCUT2D eigenvalue weighted by Gasteiger charge is -2.11. The third-order valence-electron chi connectivity index (χ3n) is 3.72. The zero-order valence-corrected chi connectivity index (χ0v) is 16.2. The minimum Gasteiger partial charge on any atom is -0.354 e. The van der Waals surface area contributed by atoms with Crippen molar-refractivity contribution in [3.05, 3.63) is 66.1 Å². The highest BCUT2D eigenvalue weighted by Crippen LogP contribution is 2.22. The fourth-order valence-electron chi connectivity index (χ4n) is 2.51. The minimum atomic E-state index is -4.01. The number of hydrogen-bond donors (Lipinski definition) is 3. The quantitative estimate of drug-likeness (QED) is 0.556. The third-order valence-corrected chi connectivity index (χ3v) is 5.14. The number of nitrogens with one attached hydrogen (secondary N) is 3. The molecule has 7 nitrogen and oxygen atoms in total. The molecule has 0 amide bonds. The molecule has 0 unspecified atom stereocenters. The predicted octanol–water partition coefficient (Wildman–Crippen LogP) is 3.90. The number of nitrogens with zero attached hydrogens (tertiary/aromatic N) is 2. The van der Waals surface area contributed by atoms with E-state index in [2.05, 4.69) is 25.3 Å². The highest BCUT2D eigenvalue weighted by Gasteiger charge is 2.18. The summed E-state index contributed by atoms with van der Waals surface area (Å²) in [6.45, 7) is 4.54. The average Bonchev–Trinajstić information content (AvgIpc) is 2.63. The number of halogens is 1. The third kappa shape index (κ3) is 4.74. The Morgan fingerprint density at radius 3 is 2.36 bits per heavy atom. The van der Waals surface area contributed by atoms with Crippen LogP contribution in [0.25, 0.3) is 0 Å². The van der Waals surface area contributed by atoms with Crippen LogP contribution in [-0.4, -0.2) is 24.9 Å². The second-order valence-electron chi connectivity index (χ2n) is 5.99. The number of hydrogen-bond acceptors (Lipinski definition) is 6. The Kier molecular flexibility index (Phi) is 5.74. The molecule has 2 aromatic carbocycles.